The van der Waals surface area contributed by atoms with Crippen LogP contribution in [0.15, 0.2) is 30.3 Å². The second-order valence-corrected chi connectivity index (χ2v) is 6.25. The summed E-state index contributed by atoms with van der Waals surface area (Å²) in [5.41, 5.74) is 1.37. The fourth-order valence-electron chi connectivity index (χ4n) is 3.51. The third-order valence-corrected chi connectivity index (χ3v) is 4.63. The molecular formula is C18H30N2O. The van der Waals surface area contributed by atoms with Gasteiger partial charge >= 0.3 is 0 Å². The molecule has 3 atom stereocenters. The van der Waals surface area contributed by atoms with Gasteiger partial charge in [-0.25, -0.2) is 0 Å². The van der Waals surface area contributed by atoms with E-state index in [1.54, 1.807) is 0 Å². The molecule has 0 spiro atoms. The van der Waals surface area contributed by atoms with E-state index in [1.165, 1.54) is 18.4 Å². The highest BCUT2D eigenvalue weighted by Crippen LogP contribution is 2.25. The maximum absolute atomic E-state index is 9.58. The first-order valence-corrected chi connectivity index (χ1v) is 8.39. The summed E-state index contributed by atoms with van der Waals surface area (Å²) in [6, 6.07) is 11.5. The van der Waals surface area contributed by atoms with Crippen LogP contribution in [0.25, 0.3) is 0 Å². The van der Waals surface area contributed by atoms with Gasteiger partial charge in [-0.1, -0.05) is 50.6 Å². The maximum atomic E-state index is 9.58. The van der Waals surface area contributed by atoms with E-state index >= 15 is 0 Å². The summed E-state index contributed by atoms with van der Waals surface area (Å²) in [6.07, 6.45) is 3.66. The molecule has 0 radical (unpaired) electrons. The number of nitrogens with one attached hydrogen (secondary N) is 1. The molecule has 1 fully saturated rings. The van der Waals surface area contributed by atoms with Gasteiger partial charge in [0.25, 0.3) is 0 Å². The first-order chi connectivity index (χ1) is 10.3. The van der Waals surface area contributed by atoms with Crippen molar-refractivity contribution < 1.29 is 5.11 Å². The molecule has 3 nitrogen and oxygen atoms in total. The topological polar surface area (TPSA) is 35.5 Å². The van der Waals surface area contributed by atoms with Gasteiger partial charge in [-0.2, -0.15) is 0 Å². The molecule has 0 aromatic heterocycles. The molecule has 3 unspecified atom stereocenters. The monoisotopic (exact) mass is 290 g/mol. The van der Waals surface area contributed by atoms with E-state index in [0.717, 1.165) is 26.1 Å². The molecule has 0 amide bonds. The van der Waals surface area contributed by atoms with Crippen molar-refractivity contribution in [1.82, 2.24) is 10.2 Å². The van der Waals surface area contributed by atoms with E-state index in [0.29, 0.717) is 24.6 Å². The predicted molar refractivity (Wildman–Crippen MR) is 88.3 cm³/mol. The van der Waals surface area contributed by atoms with Gasteiger partial charge in [0.05, 0.1) is 6.61 Å². The number of hydrogen-bond acceptors (Lipinski definition) is 3. The van der Waals surface area contributed by atoms with E-state index in [-0.39, 0.29) is 0 Å². The van der Waals surface area contributed by atoms with Crippen molar-refractivity contribution >= 4 is 0 Å². The summed E-state index contributed by atoms with van der Waals surface area (Å²) in [5.74, 6) is 0.527. The Morgan fingerprint density at radius 2 is 2.05 bits per heavy atom. The Morgan fingerprint density at radius 3 is 2.71 bits per heavy atom. The number of hydrogen-bond donors (Lipinski definition) is 2. The second-order valence-electron chi connectivity index (χ2n) is 6.25. The van der Waals surface area contributed by atoms with E-state index in [2.05, 4.69) is 54.4 Å². The molecule has 1 aliphatic rings. The van der Waals surface area contributed by atoms with Crippen LogP contribution in [0.4, 0.5) is 0 Å². The van der Waals surface area contributed by atoms with Crippen LogP contribution in [0.1, 0.15) is 44.7 Å². The zero-order chi connectivity index (χ0) is 15.1. The lowest BCUT2D eigenvalue weighted by Crippen LogP contribution is -2.45. The molecule has 0 aliphatic carbocycles. The van der Waals surface area contributed by atoms with Crippen molar-refractivity contribution in [2.24, 2.45) is 5.92 Å². The van der Waals surface area contributed by atoms with Crippen molar-refractivity contribution in [2.45, 2.75) is 45.2 Å². The van der Waals surface area contributed by atoms with Gasteiger partial charge < -0.3 is 10.4 Å². The molecule has 1 aromatic carbocycles. The number of rotatable bonds is 7. The zero-order valence-corrected chi connectivity index (χ0v) is 13.5. The lowest BCUT2D eigenvalue weighted by Gasteiger charge is -2.38. The highest BCUT2D eigenvalue weighted by Gasteiger charge is 2.26. The summed E-state index contributed by atoms with van der Waals surface area (Å²) in [6.45, 7) is 7.95. The van der Waals surface area contributed by atoms with Crippen molar-refractivity contribution in [1.29, 1.82) is 0 Å². The maximum Gasteiger partial charge on any atom is 0.0586 e. The minimum absolute atomic E-state index is 0.296. The van der Waals surface area contributed by atoms with E-state index < -0.39 is 0 Å². The Labute approximate surface area is 129 Å². The van der Waals surface area contributed by atoms with Crippen LogP contribution in [0.3, 0.4) is 0 Å². The van der Waals surface area contributed by atoms with Gasteiger partial charge in [-0.3, -0.25) is 4.90 Å². The molecule has 3 heteroatoms. The first-order valence-electron chi connectivity index (χ1n) is 8.39. The number of aliphatic hydroxyl groups excluding tert-OH is 1. The average Bonchev–Trinajstić information content (AvgIpc) is 2.53. The van der Waals surface area contributed by atoms with Crippen LogP contribution < -0.4 is 5.32 Å². The van der Waals surface area contributed by atoms with Gasteiger partial charge in [-0.15, -0.1) is 0 Å². The lowest BCUT2D eigenvalue weighted by molar-refractivity contribution is 0.0723. The third-order valence-electron chi connectivity index (χ3n) is 4.63. The van der Waals surface area contributed by atoms with Crippen LogP contribution in [-0.2, 0) is 0 Å². The number of nitrogens with zero attached hydrogens (tertiary/aromatic N) is 1. The molecule has 21 heavy (non-hydrogen) atoms. The first kappa shape index (κ1) is 16.5. The Kier molecular flexibility index (Phi) is 6.68. The summed E-state index contributed by atoms with van der Waals surface area (Å²) in [4.78, 5) is 2.49. The van der Waals surface area contributed by atoms with Crippen molar-refractivity contribution in [3.8, 4) is 0 Å². The summed E-state index contributed by atoms with van der Waals surface area (Å²) >= 11 is 0. The molecule has 0 bridgehead atoms. The van der Waals surface area contributed by atoms with Crippen LogP contribution in [0, 0.1) is 5.92 Å². The lowest BCUT2D eigenvalue weighted by atomic mass is 9.92. The standard InChI is InChI=1S/C18H30N2O/c1-3-19-18(16-9-5-4-6-10-16)15(2)13-20-12-8-7-11-17(20)14-21/h4-6,9-10,15,17-19,21H,3,7-8,11-14H2,1-2H3. The van der Waals surface area contributed by atoms with Crippen molar-refractivity contribution in [3.63, 3.8) is 0 Å². The Bertz CT molecular complexity index is 395. The van der Waals surface area contributed by atoms with E-state index in [4.69, 9.17) is 0 Å². The number of aliphatic hydroxyl groups is 1. The van der Waals surface area contributed by atoms with Crippen molar-refractivity contribution in [2.75, 3.05) is 26.2 Å². The van der Waals surface area contributed by atoms with Gasteiger partial charge in [0, 0.05) is 18.6 Å². The highest BCUT2D eigenvalue weighted by molar-refractivity contribution is 5.19. The van der Waals surface area contributed by atoms with Crippen LogP contribution in [0.2, 0.25) is 0 Å². The zero-order valence-electron chi connectivity index (χ0n) is 13.5. The summed E-state index contributed by atoms with van der Waals surface area (Å²) in [7, 11) is 0. The molecule has 118 valence electrons. The number of piperidine rings is 1. The quantitative estimate of drug-likeness (QED) is 0.810. The number of benzene rings is 1. The van der Waals surface area contributed by atoms with Gasteiger partial charge in [-0.05, 0) is 37.4 Å². The van der Waals surface area contributed by atoms with Crippen LogP contribution in [0.5, 0.6) is 0 Å². The molecule has 0 saturated carbocycles. The third kappa shape index (κ3) is 4.53. The average molecular weight is 290 g/mol. The largest absolute Gasteiger partial charge is 0.395 e. The fourth-order valence-corrected chi connectivity index (χ4v) is 3.51. The molecule has 2 rings (SSSR count). The van der Waals surface area contributed by atoms with Gasteiger partial charge in [0.2, 0.25) is 0 Å². The van der Waals surface area contributed by atoms with Crippen LogP contribution in [-0.4, -0.2) is 42.3 Å². The predicted octanol–water partition coefficient (Wildman–Crippen LogP) is 2.82. The summed E-state index contributed by atoms with van der Waals surface area (Å²) in [5, 5.41) is 13.2. The van der Waals surface area contributed by atoms with E-state index in [1.807, 2.05) is 0 Å². The minimum Gasteiger partial charge on any atom is -0.395 e. The van der Waals surface area contributed by atoms with Gasteiger partial charge in [0.15, 0.2) is 0 Å². The second kappa shape index (κ2) is 8.52. The fraction of sp³-hybridized carbons (Fsp3) is 0.667. The molecular weight excluding hydrogens is 260 g/mol. The summed E-state index contributed by atoms with van der Waals surface area (Å²) < 4.78 is 0. The molecule has 1 aliphatic heterocycles. The van der Waals surface area contributed by atoms with E-state index in [9.17, 15) is 5.11 Å². The Balaban J connectivity index is 2.02. The highest BCUT2D eigenvalue weighted by atomic mass is 16.3. The smallest absolute Gasteiger partial charge is 0.0586 e. The molecule has 1 saturated heterocycles. The Morgan fingerprint density at radius 1 is 1.29 bits per heavy atom. The van der Waals surface area contributed by atoms with Crippen LogP contribution >= 0.6 is 0 Å². The van der Waals surface area contributed by atoms with Crippen molar-refractivity contribution in [3.05, 3.63) is 35.9 Å². The Hall–Kier alpha value is -0.900. The number of likely N-dealkylation sites (tertiary alicyclic amines) is 1. The molecule has 2 N–H and O–H groups in total. The van der Waals surface area contributed by atoms with Gasteiger partial charge in [0.1, 0.15) is 0 Å². The SMILES string of the molecule is CCNC(c1ccccc1)C(C)CN1CCCCC1CO. The minimum atomic E-state index is 0.296. The normalized spacial score (nSPS) is 22.9. The molecule has 1 aromatic rings. The molecule has 1 heterocycles.